The SMILES string of the molecule is CC/C(Cc1ccccc1)=C(/C)C#N. The molecule has 1 aromatic rings. The Bertz CT molecular complexity index is 355. The summed E-state index contributed by atoms with van der Waals surface area (Å²) in [5, 5.41) is 8.81. The van der Waals surface area contributed by atoms with Crippen LogP contribution in [-0.4, -0.2) is 0 Å². The van der Waals surface area contributed by atoms with Crippen LogP contribution in [-0.2, 0) is 6.42 Å². The lowest BCUT2D eigenvalue weighted by Crippen LogP contribution is -1.92. The highest BCUT2D eigenvalue weighted by Crippen LogP contribution is 2.14. The summed E-state index contributed by atoms with van der Waals surface area (Å²) in [5.74, 6) is 0. The molecule has 72 valence electrons. The minimum Gasteiger partial charge on any atom is -0.193 e. The zero-order chi connectivity index (χ0) is 10.4. The molecule has 0 atom stereocenters. The van der Waals surface area contributed by atoms with E-state index in [0.29, 0.717) is 0 Å². The van der Waals surface area contributed by atoms with Crippen molar-refractivity contribution in [3.05, 3.63) is 47.0 Å². The van der Waals surface area contributed by atoms with Gasteiger partial charge in [-0.3, -0.25) is 0 Å². The van der Waals surface area contributed by atoms with Crippen molar-refractivity contribution in [2.45, 2.75) is 26.7 Å². The molecule has 0 aliphatic heterocycles. The maximum absolute atomic E-state index is 8.81. The van der Waals surface area contributed by atoms with Gasteiger partial charge in [-0.25, -0.2) is 0 Å². The van der Waals surface area contributed by atoms with Gasteiger partial charge in [0, 0.05) is 5.57 Å². The maximum atomic E-state index is 8.81. The van der Waals surface area contributed by atoms with Crippen LogP contribution in [0.25, 0.3) is 0 Å². The maximum Gasteiger partial charge on any atom is 0.0943 e. The lowest BCUT2D eigenvalue weighted by molar-refractivity contribution is 0.983. The van der Waals surface area contributed by atoms with Crippen molar-refractivity contribution in [1.29, 1.82) is 5.26 Å². The minimum absolute atomic E-state index is 0.858. The van der Waals surface area contributed by atoms with E-state index in [1.54, 1.807) is 0 Å². The van der Waals surface area contributed by atoms with Crippen LogP contribution < -0.4 is 0 Å². The van der Waals surface area contributed by atoms with Crippen LogP contribution in [0.4, 0.5) is 0 Å². The number of hydrogen-bond donors (Lipinski definition) is 0. The molecule has 0 N–H and O–H groups in total. The molecular weight excluding hydrogens is 170 g/mol. The van der Waals surface area contributed by atoms with Gasteiger partial charge in [-0.1, -0.05) is 42.8 Å². The molecule has 1 aromatic carbocycles. The van der Waals surface area contributed by atoms with Gasteiger partial charge in [0.05, 0.1) is 6.07 Å². The molecule has 1 heteroatoms. The normalized spacial score (nSPS) is 11.8. The molecule has 0 heterocycles. The molecule has 0 bridgehead atoms. The third kappa shape index (κ3) is 2.74. The second-order valence-corrected chi connectivity index (χ2v) is 3.36. The number of allylic oxidation sites excluding steroid dienone is 2. The minimum atomic E-state index is 0.858. The summed E-state index contributed by atoms with van der Waals surface area (Å²) in [5.41, 5.74) is 3.37. The Kier molecular flexibility index (Phi) is 3.94. The van der Waals surface area contributed by atoms with Crippen molar-refractivity contribution in [2.24, 2.45) is 0 Å². The fourth-order valence-electron chi connectivity index (χ4n) is 1.44. The third-order valence-electron chi connectivity index (χ3n) is 2.39. The summed E-state index contributed by atoms with van der Waals surface area (Å²) in [7, 11) is 0. The molecule has 0 saturated heterocycles. The smallest absolute Gasteiger partial charge is 0.0943 e. The Labute approximate surface area is 85.7 Å². The first kappa shape index (κ1) is 10.5. The predicted molar refractivity (Wildman–Crippen MR) is 58.8 cm³/mol. The molecule has 0 spiro atoms. The Hall–Kier alpha value is -1.55. The fourth-order valence-corrected chi connectivity index (χ4v) is 1.44. The largest absolute Gasteiger partial charge is 0.193 e. The quantitative estimate of drug-likeness (QED) is 0.661. The summed E-state index contributed by atoms with van der Waals surface area (Å²) < 4.78 is 0. The van der Waals surface area contributed by atoms with E-state index in [-0.39, 0.29) is 0 Å². The highest BCUT2D eigenvalue weighted by atomic mass is 14.2. The summed E-state index contributed by atoms with van der Waals surface area (Å²) in [6, 6.07) is 12.5. The van der Waals surface area contributed by atoms with Crippen LogP contribution in [0.15, 0.2) is 41.5 Å². The van der Waals surface area contributed by atoms with Gasteiger partial charge in [-0.15, -0.1) is 0 Å². The summed E-state index contributed by atoms with van der Waals surface area (Å²) in [6.45, 7) is 3.99. The highest BCUT2D eigenvalue weighted by molar-refractivity contribution is 5.30. The Morgan fingerprint density at radius 3 is 2.43 bits per heavy atom. The van der Waals surface area contributed by atoms with Gasteiger partial charge < -0.3 is 0 Å². The van der Waals surface area contributed by atoms with Crippen LogP contribution in [0.2, 0.25) is 0 Å². The van der Waals surface area contributed by atoms with Crippen molar-refractivity contribution in [2.75, 3.05) is 0 Å². The fraction of sp³-hybridized carbons (Fsp3) is 0.308. The van der Waals surface area contributed by atoms with Gasteiger partial charge in [0.25, 0.3) is 0 Å². The van der Waals surface area contributed by atoms with Gasteiger partial charge in [0.15, 0.2) is 0 Å². The van der Waals surface area contributed by atoms with Gasteiger partial charge in [-0.05, 0) is 25.3 Å². The van der Waals surface area contributed by atoms with Crippen molar-refractivity contribution >= 4 is 0 Å². The molecule has 0 radical (unpaired) electrons. The number of benzene rings is 1. The van der Waals surface area contributed by atoms with E-state index in [1.807, 2.05) is 25.1 Å². The first-order chi connectivity index (χ1) is 6.77. The molecule has 0 aliphatic rings. The van der Waals surface area contributed by atoms with Crippen LogP contribution in [0.1, 0.15) is 25.8 Å². The van der Waals surface area contributed by atoms with Crippen molar-refractivity contribution in [1.82, 2.24) is 0 Å². The second-order valence-electron chi connectivity index (χ2n) is 3.36. The lowest BCUT2D eigenvalue weighted by atomic mass is 9.99. The van der Waals surface area contributed by atoms with Crippen LogP contribution >= 0.6 is 0 Å². The van der Waals surface area contributed by atoms with E-state index in [4.69, 9.17) is 5.26 Å². The van der Waals surface area contributed by atoms with Crippen molar-refractivity contribution < 1.29 is 0 Å². The molecule has 0 fully saturated rings. The monoisotopic (exact) mass is 185 g/mol. The van der Waals surface area contributed by atoms with Crippen molar-refractivity contribution in [3.63, 3.8) is 0 Å². The van der Waals surface area contributed by atoms with Crippen LogP contribution in [0, 0.1) is 11.3 Å². The van der Waals surface area contributed by atoms with Crippen LogP contribution in [0.5, 0.6) is 0 Å². The third-order valence-corrected chi connectivity index (χ3v) is 2.39. The molecule has 1 rings (SSSR count). The molecule has 0 saturated carbocycles. The lowest BCUT2D eigenvalue weighted by Gasteiger charge is -2.05. The van der Waals surface area contributed by atoms with E-state index >= 15 is 0 Å². The standard InChI is InChI=1S/C13H15N/c1-3-13(11(2)10-14)9-12-7-5-4-6-8-12/h4-8H,3,9H2,1-2H3/b13-11+. The first-order valence-corrected chi connectivity index (χ1v) is 4.90. The number of nitriles is 1. The van der Waals surface area contributed by atoms with Gasteiger partial charge in [0.2, 0.25) is 0 Å². The summed E-state index contributed by atoms with van der Waals surface area (Å²) in [4.78, 5) is 0. The highest BCUT2D eigenvalue weighted by Gasteiger charge is 2.01. The Morgan fingerprint density at radius 1 is 1.29 bits per heavy atom. The van der Waals surface area contributed by atoms with E-state index < -0.39 is 0 Å². The van der Waals surface area contributed by atoms with Crippen LogP contribution in [0.3, 0.4) is 0 Å². The van der Waals surface area contributed by atoms with E-state index in [2.05, 4.69) is 25.1 Å². The summed E-state index contributed by atoms with van der Waals surface area (Å²) >= 11 is 0. The van der Waals surface area contributed by atoms with E-state index in [9.17, 15) is 0 Å². The molecule has 14 heavy (non-hydrogen) atoms. The Morgan fingerprint density at radius 2 is 1.93 bits per heavy atom. The van der Waals surface area contributed by atoms with Gasteiger partial charge in [-0.2, -0.15) is 5.26 Å². The van der Waals surface area contributed by atoms with E-state index in [1.165, 1.54) is 11.1 Å². The molecular formula is C13H15N. The van der Waals surface area contributed by atoms with E-state index in [0.717, 1.165) is 18.4 Å². The predicted octanol–water partition coefficient (Wildman–Crippen LogP) is 3.48. The average molecular weight is 185 g/mol. The molecule has 0 unspecified atom stereocenters. The van der Waals surface area contributed by atoms with Gasteiger partial charge in [0.1, 0.15) is 0 Å². The number of rotatable bonds is 3. The van der Waals surface area contributed by atoms with Gasteiger partial charge >= 0.3 is 0 Å². The average Bonchev–Trinajstić information content (AvgIpc) is 2.26. The zero-order valence-corrected chi connectivity index (χ0v) is 8.75. The number of hydrogen-bond acceptors (Lipinski definition) is 1. The second kappa shape index (κ2) is 5.24. The number of nitrogens with zero attached hydrogens (tertiary/aromatic N) is 1. The topological polar surface area (TPSA) is 23.8 Å². The molecule has 1 nitrogen and oxygen atoms in total. The Balaban J connectivity index is 2.83. The molecule has 0 amide bonds. The first-order valence-electron chi connectivity index (χ1n) is 4.90. The zero-order valence-electron chi connectivity index (χ0n) is 8.75. The molecule has 0 aliphatic carbocycles. The summed E-state index contributed by atoms with van der Waals surface area (Å²) in [6.07, 6.45) is 1.85. The molecule has 0 aromatic heterocycles. The van der Waals surface area contributed by atoms with Crippen molar-refractivity contribution in [3.8, 4) is 6.07 Å².